The number of carboxylic acids is 1. The first-order valence-corrected chi connectivity index (χ1v) is 8.39. The van der Waals surface area contributed by atoms with Crippen LogP contribution in [0, 0.1) is 0 Å². The van der Waals surface area contributed by atoms with Gasteiger partial charge in [0.05, 0.1) is 10.9 Å². The topological polar surface area (TPSA) is 129 Å². The minimum atomic E-state index is -1.03. The van der Waals surface area contributed by atoms with Gasteiger partial charge in [-0.05, 0) is 42.3 Å². The minimum absolute atomic E-state index is 0.0385. The largest absolute Gasteiger partial charge is 0.484 e. The van der Waals surface area contributed by atoms with Gasteiger partial charge in [0.2, 0.25) is 11.2 Å². The minimum Gasteiger partial charge on any atom is -0.484 e. The lowest BCUT2D eigenvalue weighted by Crippen LogP contribution is -2.20. The highest BCUT2D eigenvalue weighted by atomic mass is 16.5. The van der Waals surface area contributed by atoms with Gasteiger partial charge in [0.1, 0.15) is 23.3 Å². The maximum absolute atomic E-state index is 12.6. The van der Waals surface area contributed by atoms with E-state index in [-0.39, 0.29) is 28.9 Å². The second kappa shape index (κ2) is 7.83. The standard InChI is InChI=1S/C20H17NO7/c1-2-11-7-13(4-5-14(11)20(24)25)28-17-9-27-16-8-12(26-10-18(21)22)3-6-15(16)19(17)23/h3-9H,2,10H2,1H3,(H2,21,22)(H,24,25). The fourth-order valence-corrected chi connectivity index (χ4v) is 2.67. The molecule has 0 fully saturated rings. The molecule has 0 saturated carbocycles. The van der Waals surface area contributed by atoms with Crippen LogP contribution in [0.25, 0.3) is 11.0 Å². The van der Waals surface area contributed by atoms with Gasteiger partial charge in [-0.2, -0.15) is 0 Å². The maximum Gasteiger partial charge on any atom is 0.335 e. The highest BCUT2D eigenvalue weighted by Gasteiger charge is 2.13. The van der Waals surface area contributed by atoms with E-state index in [1.54, 1.807) is 6.07 Å². The van der Waals surface area contributed by atoms with E-state index in [1.165, 1.54) is 36.6 Å². The molecule has 1 aromatic heterocycles. The smallest absolute Gasteiger partial charge is 0.335 e. The second-order valence-electron chi connectivity index (χ2n) is 5.92. The Labute approximate surface area is 159 Å². The zero-order chi connectivity index (χ0) is 20.3. The predicted molar refractivity (Wildman–Crippen MR) is 100 cm³/mol. The number of hydrogen-bond acceptors (Lipinski definition) is 6. The average molecular weight is 383 g/mol. The lowest BCUT2D eigenvalue weighted by Gasteiger charge is -2.09. The van der Waals surface area contributed by atoms with Crippen LogP contribution in [0.15, 0.2) is 51.9 Å². The number of carbonyl (C=O) groups is 2. The number of hydrogen-bond donors (Lipinski definition) is 2. The van der Waals surface area contributed by atoms with Gasteiger partial charge in [0, 0.05) is 6.07 Å². The molecule has 0 saturated heterocycles. The monoisotopic (exact) mass is 383 g/mol. The molecule has 0 bridgehead atoms. The molecule has 0 aliphatic carbocycles. The number of nitrogens with two attached hydrogens (primary N) is 1. The van der Waals surface area contributed by atoms with E-state index in [0.29, 0.717) is 23.5 Å². The lowest BCUT2D eigenvalue weighted by atomic mass is 10.1. The zero-order valence-electron chi connectivity index (χ0n) is 14.9. The van der Waals surface area contributed by atoms with E-state index >= 15 is 0 Å². The van der Waals surface area contributed by atoms with Gasteiger partial charge in [-0.3, -0.25) is 9.59 Å². The summed E-state index contributed by atoms with van der Waals surface area (Å²) in [5.41, 5.74) is 5.66. The fourth-order valence-electron chi connectivity index (χ4n) is 2.67. The van der Waals surface area contributed by atoms with Crippen LogP contribution in [0.3, 0.4) is 0 Å². The fraction of sp³-hybridized carbons (Fsp3) is 0.150. The van der Waals surface area contributed by atoms with Crippen molar-refractivity contribution in [2.24, 2.45) is 5.73 Å². The van der Waals surface area contributed by atoms with E-state index in [2.05, 4.69) is 0 Å². The number of benzene rings is 2. The Morgan fingerprint density at radius 2 is 1.89 bits per heavy atom. The Hall–Kier alpha value is -3.81. The van der Waals surface area contributed by atoms with E-state index < -0.39 is 17.3 Å². The second-order valence-corrected chi connectivity index (χ2v) is 5.92. The number of fused-ring (bicyclic) bond motifs is 1. The van der Waals surface area contributed by atoms with Crippen molar-refractivity contribution in [2.45, 2.75) is 13.3 Å². The number of ether oxygens (including phenoxy) is 2. The molecule has 1 amide bonds. The van der Waals surface area contributed by atoms with Crippen LogP contribution in [0.4, 0.5) is 0 Å². The highest BCUT2D eigenvalue weighted by molar-refractivity contribution is 5.89. The van der Waals surface area contributed by atoms with Crippen molar-refractivity contribution in [3.8, 4) is 17.2 Å². The Morgan fingerprint density at radius 3 is 2.57 bits per heavy atom. The quantitative estimate of drug-likeness (QED) is 0.642. The lowest BCUT2D eigenvalue weighted by molar-refractivity contribution is -0.119. The number of amides is 1. The third-order valence-electron chi connectivity index (χ3n) is 4.01. The number of primary amides is 1. The summed E-state index contributed by atoms with van der Waals surface area (Å²) in [5, 5.41) is 9.45. The molecule has 3 rings (SSSR count). The van der Waals surface area contributed by atoms with Gasteiger partial charge in [0.25, 0.3) is 5.91 Å². The van der Waals surface area contributed by atoms with Gasteiger partial charge >= 0.3 is 5.97 Å². The van der Waals surface area contributed by atoms with Crippen LogP contribution in [-0.4, -0.2) is 23.6 Å². The molecule has 2 aromatic carbocycles. The SMILES string of the molecule is CCc1cc(Oc2coc3cc(OCC(N)=O)ccc3c2=O)ccc1C(=O)O. The van der Waals surface area contributed by atoms with Crippen LogP contribution in [0.1, 0.15) is 22.8 Å². The summed E-state index contributed by atoms with van der Waals surface area (Å²) < 4.78 is 16.2. The Bertz CT molecular complexity index is 1120. The van der Waals surface area contributed by atoms with Gasteiger partial charge in [0.15, 0.2) is 6.61 Å². The molecule has 1 heterocycles. The first-order chi connectivity index (χ1) is 13.4. The number of aromatic carboxylic acids is 1. The van der Waals surface area contributed by atoms with Gasteiger partial charge < -0.3 is 24.7 Å². The van der Waals surface area contributed by atoms with Gasteiger partial charge in [-0.15, -0.1) is 0 Å². The first-order valence-electron chi connectivity index (χ1n) is 8.39. The number of carbonyl (C=O) groups excluding carboxylic acids is 1. The molecule has 0 unspecified atom stereocenters. The maximum atomic E-state index is 12.6. The molecule has 3 aromatic rings. The Balaban J connectivity index is 1.91. The summed E-state index contributed by atoms with van der Waals surface area (Å²) in [6.07, 6.45) is 1.67. The molecule has 28 heavy (non-hydrogen) atoms. The number of rotatable bonds is 7. The van der Waals surface area contributed by atoms with Crippen molar-refractivity contribution in [2.75, 3.05) is 6.61 Å². The molecule has 8 heteroatoms. The summed E-state index contributed by atoms with van der Waals surface area (Å²) in [7, 11) is 0. The average Bonchev–Trinajstić information content (AvgIpc) is 2.68. The third kappa shape index (κ3) is 3.96. The van der Waals surface area contributed by atoms with E-state index in [9.17, 15) is 19.5 Å². The van der Waals surface area contributed by atoms with Crippen LogP contribution in [0.5, 0.6) is 17.2 Å². The third-order valence-corrected chi connectivity index (χ3v) is 4.01. The Kier molecular flexibility index (Phi) is 5.30. The summed E-state index contributed by atoms with van der Waals surface area (Å²) in [6.45, 7) is 1.54. The molecule has 0 spiro atoms. The molecular weight excluding hydrogens is 366 g/mol. The summed E-state index contributed by atoms with van der Waals surface area (Å²) in [4.78, 5) is 34.7. The normalized spacial score (nSPS) is 10.6. The number of carboxylic acid groups (broad SMARTS) is 1. The van der Waals surface area contributed by atoms with Crippen LogP contribution < -0.4 is 20.6 Å². The van der Waals surface area contributed by atoms with Gasteiger partial charge in [-0.1, -0.05) is 6.92 Å². The van der Waals surface area contributed by atoms with E-state index in [0.717, 1.165) is 0 Å². The van der Waals surface area contributed by atoms with Crippen molar-refractivity contribution < 1.29 is 28.6 Å². The van der Waals surface area contributed by atoms with Crippen molar-refractivity contribution in [3.63, 3.8) is 0 Å². The molecule has 0 atom stereocenters. The molecular formula is C20H17NO7. The molecule has 0 radical (unpaired) electrons. The first kappa shape index (κ1) is 19.0. The summed E-state index contributed by atoms with van der Waals surface area (Å²) >= 11 is 0. The van der Waals surface area contributed by atoms with Crippen LogP contribution in [-0.2, 0) is 11.2 Å². The van der Waals surface area contributed by atoms with Crippen molar-refractivity contribution in [3.05, 3.63) is 64.0 Å². The van der Waals surface area contributed by atoms with Crippen molar-refractivity contribution >= 4 is 22.8 Å². The highest BCUT2D eigenvalue weighted by Crippen LogP contribution is 2.26. The van der Waals surface area contributed by atoms with Crippen LogP contribution >= 0.6 is 0 Å². The molecule has 3 N–H and O–H groups in total. The molecule has 8 nitrogen and oxygen atoms in total. The van der Waals surface area contributed by atoms with Gasteiger partial charge in [-0.25, -0.2) is 4.79 Å². The zero-order valence-corrected chi connectivity index (χ0v) is 14.9. The van der Waals surface area contributed by atoms with Crippen molar-refractivity contribution in [1.29, 1.82) is 0 Å². The molecule has 0 aliphatic rings. The van der Waals surface area contributed by atoms with Crippen LogP contribution in [0.2, 0.25) is 0 Å². The predicted octanol–water partition coefficient (Wildman–Crippen LogP) is 2.71. The molecule has 144 valence electrons. The van der Waals surface area contributed by atoms with E-state index in [1.807, 2.05) is 6.92 Å². The summed E-state index contributed by atoms with van der Waals surface area (Å²) in [6, 6.07) is 8.97. The summed E-state index contributed by atoms with van der Waals surface area (Å²) in [5.74, 6) is -1.02. The van der Waals surface area contributed by atoms with E-state index in [4.69, 9.17) is 19.6 Å². The van der Waals surface area contributed by atoms with Crippen molar-refractivity contribution in [1.82, 2.24) is 0 Å². The Morgan fingerprint density at radius 1 is 1.14 bits per heavy atom. The number of aryl methyl sites for hydroxylation is 1. The molecule has 0 aliphatic heterocycles.